The molecule has 4 rings (SSSR count). The summed E-state index contributed by atoms with van der Waals surface area (Å²) in [5, 5.41) is 7.79. The number of hydrogen-bond donors (Lipinski definition) is 2. The summed E-state index contributed by atoms with van der Waals surface area (Å²) in [4.78, 5) is 0. The van der Waals surface area contributed by atoms with Crippen LogP contribution in [-0.4, -0.2) is 24.7 Å². The highest BCUT2D eigenvalue weighted by Gasteiger charge is 2.44. The lowest BCUT2D eigenvalue weighted by Crippen LogP contribution is -2.60. The van der Waals surface area contributed by atoms with Crippen LogP contribution in [0, 0.1) is 0 Å². The van der Waals surface area contributed by atoms with E-state index in [4.69, 9.17) is 4.74 Å². The van der Waals surface area contributed by atoms with Crippen LogP contribution in [0.1, 0.15) is 62.6 Å². The maximum atomic E-state index is 6.09. The summed E-state index contributed by atoms with van der Waals surface area (Å²) in [5.41, 5.74) is 2.93. The third kappa shape index (κ3) is 3.90. The van der Waals surface area contributed by atoms with E-state index in [1.54, 1.807) is 0 Å². The van der Waals surface area contributed by atoms with Gasteiger partial charge in [0.15, 0.2) is 0 Å². The highest BCUT2D eigenvalue weighted by Crippen LogP contribution is 2.43. The Morgan fingerprint density at radius 2 is 1.78 bits per heavy atom. The van der Waals surface area contributed by atoms with Gasteiger partial charge in [-0.2, -0.15) is 0 Å². The van der Waals surface area contributed by atoms with Crippen molar-refractivity contribution in [1.29, 1.82) is 0 Å². The van der Waals surface area contributed by atoms with E-state index in [1.165, 1.54) is 36.8 Å². The van der Waals surface area contributed by atoms with Crippen molar-refractivity contribution in [2.24, 2.45) is 0 Å². The van der Waals surface area contributed by atoms with Crippen LogP contribution in [0.3, 0.4) is 0 Å². The molecule has 1 spiro atoms. The first kappa shape index (κ1) is 18.5. The minimum atomic E-state index is 0.171. The van der Waals surface area contributed by atoms with Gasteiger partial charge in [-0.15, -0.1) is 0 Å². The fourth-order valence-corrected chi connectivity index (χ4v) is 4.93. The summed E-state index contributed by atoms with van der Waals surface area (Å²) in [6, 6.07) is 19.9. The predicted molar refractivity (Wildman–Crippen MR) is 111 cm³/mol. The predicted octanol–water partition coefficient (Wildman–Crippen LogP) is 4.80. The lowest BCUT2D eigenvalue weighted by atomic mass is 9.71. The van der Waals surface area contributed by atoms with Crippen molar-refractivity contribution in [1.82, 2.24) is 10.6 Å². The third-order valence-electron chi connectivity index (χ3n) is 6.19. The summed E-state index contributed by atoms with van der Waals surface area (Å²) < 4.78 is 6.09. The van der Waals surface area contributed by atoms with Gasteiger partial charge in [-0.1, -0.05) is 48.5 Å². The molecule has 0 bridgehead atoms. The van der Waals surface area contributed by atoms with Crippen LogP contribution in [-0.2, 0) is 0 Å². The molecule has 2 aliphatic rings. The smallest absolute Gasteiger partial charge is 0.123 e. The first-order valence-electron chi connectivity index (χ1n) is 10.5. The zero-order valence-corrected chi connectivity index (χ0v) is 16.6. The highest BCUT2D eigenvalue weighted by molar-refractivity contribution is 5.37. The van der Waals surface area contributed by atoms with Crippen LogP contribution in [0.5, 0.6) is 5.75 Å². The molecule has 27 heavy (non-hydrogen) atoms. The molecule has 2 fully saturated rings. The Bertz CT molecular complexity index is 735. The Balaban J connectivity index is 1.53. The SMILES string of the molecule is CC(C)Oc1ccccc1[C@H]1CC[C@]2(CCCNC2c2ccccc2)NC1. The minimum Gasteiger partial charge on any atom is -0.491 e. The van der Waals surface area contributed by atoms with Crippen LogP contribution in [0.2, 0.25) is 0 Å². The zero-order valence-electron chi connectivity index (χ0n) is 16.6. The number of piperidine rings is 2. The molecule has 3 heteroatoms. The molecule has 3 nitrogen and oxygen atoms in total. The zero-order chi connectivity index (χ0) is 18.7. The molecule has 2 aromatic carbocycles. The van der Waals surface area contributed by atoms with E-state index in [2.05, 4.69) is 79.1 Å². The number of ether oxygens (including phenoxy) is 1. The molecule has 3 atom stereocenters. The quantitative estimate of drug-likeness (QED) is 0.817. The van der Waals surface area contributed by atoms with E-state index in [-0.39, 0.29) is 11.6 Å². The lowest BCUT2D eigenvalue weighted by Gasteiger charge is -2.50. The number of benzene rings is 2. The van der Waals surface area contributed by atoms with E-state index in [0.29, 0.717) is 12.0 Å². The topological polar surface area (TPSA) is 33.3 Å². The largest absolute Gasteiger partial charge is 0.491 e. The molecule has 0 amide bonds. The second-order valence-electron chi connectivity index (χ2n) is 8.38. The average molecular weight is 365 g/mol. The van der Waals surface area contributed by atoms with E-state index in [9.17, 15) is 0 Å². The van der Waals surface area contributed by atoms with Gasteiger partial charge in [-0.25, -0.2) is 0 Å². The molecule has 2 N–H and O–H groups in total. The fourth-order valence-electron chi connectivity index (χ4n) is 4.93. The van der Waals surface area contributed by atoms with Gasteiger partial charge in [0.25, 0.3) is 0 Å². The van der Waals surface area contributed by atoms with E-state index in [1.807, 2.05) is 0 Å². The monoisotopic (exact) mass is 364 g/mol. The summed E-state index contributed by atoms with van der Waals surface area (Å²) >= 11 is 0. The summed E-state index contributed by atoms with van der Waals surface area (Å²) in [6.07, 6.45) is 5.10. The minimum absolute atomic E-state index is 0.171. The van der Waals surface area contributed by atoms with Crippen LogP contribution < -0.4 is 15.4 Å². The van der Waals surface area contributed by atoms with Crippen molar-refractivity contribution < 1.29 is 4.74 Å². The molecule has 0 aromatic heterocycles. The average Bonchev–Trinajstić information content (AvgIpc) is 2.70. The highest BCUT2D eigenvalue weighted by atomic mass is 16.5. The van der Waals surface area contributed by atoms with E-state index >= 15 is 0 Å². The van der Waals surface area contributed by atoms with Gasteiger partial charge >= 0.3 is 0 Å². The molecular formula is C24H32N2O. The van der Waals surface area contributed by atoms with Crippen LogP contribution in [0.25, 0.3) is 0 Å². The van der Waals surface area contributed by atoms with Crippen LogP contribution >= 0.6 is 0 Å². The molecule has 2 aromatic rings. The van der Waals surface area contributed by atoms with Gasteiger partial charge in [-0.05, 0) is 63.3 Å². The van der Waals surface area contributed by atoms with Crippen molar-refractivity contribution >= 4 is 0 Å². The van der Waals surface area contributed by atoms with Crippen LogP contribution in [0.4, 0.5) is 0 Å². The number of hydrogen-bond acceptors (Lipinski definition) is 3. The molecule has 2 heterocycles. The van der Waals surface area contributed by atoms with E-state index in [0.717, 1.165) is 18.8 Å². The Labute approximate surface area is 163 Å². The van der Waals surface area contributed by atoms with Gasteiger partial charge in [0, 0.05) is 18.0 Å². The molecule has 2 saturated heterocycles. The Kier molecular flexibility index (Phi) is 5.51. The molecule has 0 radical (unpaired) electrons. The summed E-state index contributed by atoms with van der Waals surface area (Å²) in [7, 11) is 0. The molecule has 0 saturated carbocycles. The maximum Gasteiger partial charge on any atom is 0.123 e. The first-order chi connectivity index (χ1) is 13.2. The van der Waals surface area contributed by atoms with Gasteiger partial charge in [0.2, 0.25) is 0 Å². The number of rotatable bonds is 4. The molecule has 2 aliphatic heterocycles. The molecule has 0 aliphatic carbocycles. The second kappa shape index (κ2) is 8.04. The Morgan fingerprint density at radius 3 is 2.52 bits per heavy atom. The van der Waals surface area contributed by atoms with Crippen molar-refractivity contribution in [3.05, 3.63) is 65.7 Å². The molecule has 1 unspecified atom stereocenters. The van der Waals surface area contributed by atoms with Gasteiger partial charge in [0.1, 0.15) is 5.75 Å². The van der Waals surface area contributed by atoms with Gasteiger partial charge in [0.05, 0.1) is 12.1 Å². The summed E-state index contributed by atoms with van der Waals surface area (Å²) in [6.45, 7) is 6.33. The second-order valence-corrected chi connectivity index (χ2v) is 8.38. The van der Waals surface area contributed by atoms with Gasteiger partial charge in [-0.3, -0.25) is 0 Å². The summed E-state index contributed by atoms with van der Waals surface area (Å²) in [5.74, 6) is 1.57. The van der Waals surface area contributed by atoms with Crippen molar-refractivity contribution in [2.45, 2.75) is 63.1 Å². The molecule has 144 valence electrons. The Hall–Kier alpha value is -1.84. The number of nitrogens with one attached hydrogen (secondary N) is 2. The standard InChI is InChI=1S/C24H32N2O/c1-18(2)27-22-12-7-6-11-21(22)20-13-15-24(26-17-20)14-8-16-25-23(24)19-9-4-3-5-10-19/h3-7,9-12,18,20,23,25-26H,8,13-17H2,1-2H3/t20-,23?,24-/m0/s1. The fraction of sp³-hybridized carbons (Fsp3) is 0.500. The van der Waals surface area contributed by atoms with E-state index < -0.39 is 0 Å². The van der Waals surface area contributed by atoms with Crippen molar-refractivity contribution in [3.8, 4) is 5.75 Å². The number of para-hydroxylation sites is 1. The van der Waals surface area contributed by atoms with Crippen molar-refractivity contribution in [3.63, 3.8) is 0 Å². The lowest BCUT2D eigenvalue weighted by molar-refractivity contribution is 0.130. The normalized spacial score (nSPS) is 28.4. The third-order valence-corrected chi connectivity index (χ3v) is 6.19. The molecular weight excluding hydrogens is 332 g/mol. The van der Waals surface area contributed by atoms with Crippen molar-refractivity contribution in [2.75, 3.05) is 13.1 Å². The maximum absolute atomic E-state index is 6.09. The Morgan fingerprint density at radius 1 is 1.00 bits per heavy atom. The first-order valence-corrected chi connectivity index (χ1v) is 10.5. The van der Waals surface area contributed by atoms with Crippen LogP contribution in [0.15, 0.2) is 54.6 Å². The van der Waals surface area contributed by atoms with Gasteiger partial charge < -0.3 is 15.4 Å².